The number of rotatable bonds is 9. The van der Waals surface area contributed by atoms with Crippen molar-refractivity contribution in [1.82, 2.24) is 24.6 Å². The highest BCUT2D eigenvalue weighted by atomic mass is 16.5. The minimum absolute atomic E-state index is 0.0258. The summed E-state index contributed by atoms with van der Waals surface area (Å²) in [5, 5.41) is 6.87. The summed E-state index contributed by atoms with van der Waals surface area (Å²) in [5.41, 5.74) is 1.01. The number of aryl methyl sites for hydroxylation is 1. The van der Waals surface area contributed by atoms with Crippen molar-refractivity contribution in [3.05, 3.63) is 110 Å². The molecular formula is C27H27N5O5. The van der Waals surface area contributed by atoms with Crippen molar-refractivity contribution in [2.24, 2.45) is 0 Å². The van der Waals surface area contributed by atoms with Gasteiger partial charge in [0, 0.05) is 30.9 Å². The first-order valence-corrected chi connectivity index (χ1v) is 11.6. The van der Waals surface area contributed by atoms with Crippen molar-refractivity contribution in [2.75, 3.05) is 20.8 Å². The molecule has 0 aliphatic heterocycles. The van der Waals surface area contributed by atoms with Crippen LogP contribution in [0.2, 0.25) is 0 Å². The molecule has 0 bridgehead atoms. The molecule has 37 heavy (non-hydrogen) atoms. The zero-order chi connectivity index (χ0) is 26.4. The Morgan fingerprint density at radius 1 is 0.973 bits per heavy atom. The summed E-state index contributed by atoms with van der Waals surface area (Å²) in [6.07, 6.45) is 2.14. The second-order valence-electron chi connectivity index (χ2n) is 8.29. The normalized spacial score (nSPS) is 10.7. The van der Waals surface area contributed by atoms with Gasteiger partial charge in [-0.3, -0.25) is 19.1 Å². The van der Waals surface area contributed by atoms with Crippen LogP contribution >= 0.6 is 0 Å². The number of nitrogens with zero attached hydrogens (tertiary/aromatic N) is 4. The lowest BCUT2D eigenvalue weighted by atomic mass is 10.1. The third-order valence-electron chi connectivity index (χ3n) is 5.74. The first-order valence-electron chi connectivity index (χ1n) is 11.6. The number of methoxy groups -OCH3 is 2. The highest BCUT2D eigenvalue weighted by Gasteiger charge is 2.21. The molecule has 2 aromatic heterocycles. The van der Waals surface area contributed by atoms with Crippen molar-refractivity contribution in [3.8, 4) is 17.2 Å². The number of carbonyl (C=O) groups excluding carboxylic acids is 1. The Bertz CT molecular complexity index is 1510. The molecule has 1 amide bonds. The molecule has 0 saturated heterocycles. The third-order valence-corrected chi connectivity index (χ3v) is 5.74. The van der Waals surface area contributed by atoms with Crippen LogP contribution in [0.1, 0.15) is 27.3 Å². The Hall–Kier alpha value is -4.73. The number of hydrogen-bond acceptors (Lipinski definition) is 7. The highest BCUT2D eigenvalue weighted by molar-refractivity contribution is 5.91. The molecule has 0 saturated carbocycles. The Labute approximate surface area is 213 Å². The van der Waals surface area contributed by atoms with Gasteiger partial charge in [0.2, 0.25) is 5.69 Å². The maximum atomic E-state index is 13.4. The fraction of sp³-hybridized carbons (Fsp3) is 0.222. The van der Waals surface area contributed by atoms with Crippen LogP contribution in [-0.4, -0.2) is 46.0 Å². The van der Waals surface area contributed by atoms with Crippen molar-refractivity contribution >= 4 is 5.91 Å². The second-order valence-corrected chi connectivity index (χ2v) is 8.29. The summed E-state index contributed by atoms with van der Waals surface area (Å²) in [7, 11) is 2.97. The van der Waals surface area contributed by atoms with E-state index in [9.17, 15) is 14.4 Å². The van der Waals surface area contributed by atoms with E-state index >= 15 is 0 Å². The van der Waals surface area contributed by atoms with Crippen LogP contribution in [0.5, 0.6) is 11.5 Å². The lowest BCUT2D eigenvalue weighted by molar-refractivity contribution is 0.0944. The van der Waals surface area contributed by atoms with Crippen LogP contribution in [0.3, 0.4) is 0 Å². The van der Waals surface area contributed by atoms with Crippen molar-refractivity contribution < 1.29 is 14.3 Å². The van der Waals surface area contributed by atoms with Gasteiger partial charge in [-0.05, 0) is 36.8 Å². The van der Waals surface area contributed by atoms with Crippen LogP contribution in [0.25, 0.3) is 5.69 Å². The van der Waals surface area contributed by atoms with E-state index in [2.05, 4.69) is 15.4 Å². The zero-order valence-corrected chi connectivity index (χ0v) is 20.8. The molecular weight excluding hydrogens is 474 g/mol. The number of hydrogen-bond donors (Lipinski definition) is 1. The molecule has 0 atom stereocenters. The maximum Gasteiger partial charge on any atom is 0.352 e. The van der Waals surface area contributed by atoms with E-state index in [1.807, 2.05) is 43.3 Å². The Balaban J connectivity index is 1.75. The Morgan fingerprint density at radius 2 is 1.73 bits per heavy atom. The molecule has 10 heteroatoms. The van der Waals surface area contributed by atoms with Gasteiger partial charge in [-0.1, -0.05) is 35.9 Å². The molecule has 190 valence electrons. The molecule has 4 aromatic rings. The van der Waals surface area contributed by atoms with Crippen molar-refractivity contribution in [1.29, 1.82) is 0 Å². The molecule has 0 aliphatic rings. The lowest BCUT2D eigenvalue weighted by Crippen LogP contribution is -2.46. The van der Waals surface area contributed by atoms with Gasteiger partial charge >= 0.3 is 5.69 Å². The molecule has 1 N–H and O–H groups in total. The summed E-state index contributed by atoms with van der Waals surface area (Å²) < 4.78 is 12.6. The Kier molecular flexibility index (Phi) is 7.77. The first kappa shape index (κ1) is 25.4. The standard InChI is InChI=1S/C27H27N5O5/c1-18-7-9-19(10-8-18)17-31-26(34)24(25(33)29-15-13-20-6-4-5-14-28-20)30-32(27(31)35)21-11-12-22(36-2)23(16-21)37-3/h4-12,14,16H,13,15,17H2,1-3H3,(H,29,33). The van der Waals surface area contributed by atoms with Gasteiger partial charge in [-0.25, -0.2) is 4.79 Å². The summed E-state index contributed by atoms with van der Waals surface area (Å²) in [4.78, 5) is 44.0. The molecule has 0 fully saturated rings. The molecule has 0 unspecified atom stereocenters. The number of carbonyl (C=O) groups is 1. The van der Waals surface area contributed by atoms with E-state index in [-0.39, 0.29) is 13.1 Å². The largest absolute Gasteiger partial charge is 0.493 e. The van der Waals surface area contributed by atoms with Gasteiger partial charge in [0.25, 0.3) is 11.5 Å². The lowest BCUT2D eigenvalue weighted by Gasteiger charge is -2.14. The minimum atomic E-state index is -0.780. The summed E-state index contributed by atoms with van der Waals surface area (Å²) >= 11 is 0. The molecule has 10 nitrogen and oxygen atoms in total. The van der Waals surface area contributed by atoms with Crippen LogP contribution in [-0.2, 0) is 13.0 Å². The Morgan fingerprint density at radius 3 is 2.41 bits per heavy atom. The highest BCUT2D eigenvalue weighted by Crippen LogP contribution is 2.28. The van der Waals surface area contributed by atoms with Crippen LogP contribution in [0.15, 0.2) is 76.4 Å². The zero-order valence-electron chi connectivity index (χ0n) is 20.8. The summed E-state index contributed by atoms with van der Waals surface area (Å²) in [5.74, 6) is 0.138. The van der Waals surface area contributed by atoms with E-state index < -0.39 is 22.9 Å². The van der Waals surface area contributed by atoms with Gasteiger partial charge in [-0.15, -0.1) is 0 Å². The van der Waals surface area contributed by atoms with E-state index in [0.29, 0.717) is 23.6 Å². The average molecular weight is 502 g/mol. The average Bonchev–Trinajstić information content (AvgIpc) is 2.92. The number of pyridine rings is 1. The first-order chi connectivity index (χ1) is 17.9. The summed E-state index contributed by atoms with van der Waals surface area (Å²) in [6, 6.07) is 17.7. The van der Waals surface area contributed by atoms with E-state index in [4.69, 9.17) is 9.47 Å². The predicted octanol–water partition coefficient (Wildman–Crippen LogP) is 2.14. The second kappa shape index (κ2) is 11.3. The smallest absolute Gasteiger partial charge is 0.352 e. The molecule has 0 aliphatic carbocycles. The third kappa shape index (κ3) is 5.75. The SMILES string of the molecule is COc1ccc(-n2nc(C(=O)NCCc3ccccn3)c(=O)n(Cc3ccc(C)cc3)c2=O)cc1OC. The van der Waals surface area contributed by atoms with E-state index in [1.165, 1.54) is 14.2 Å². The molecule has 0 radical (unpaired) electrons. The predicted molar refractivity (Wildman–Crippen MR) is 138 cm³/mol. The van der Waals surface area contributed by atoms with Gasteiger partial charge in [0.1, 0.15) is 0 Å². The van der Waals surface area contributed by atoms with E-state index in [0.717, 1.165) is 26.1 Å². The topological polar surface area (TPSA) is 117 Å². The van der Waals surface area contributed by atoms with Gasteiger partial charge in [0.05, 0.1) is 26.5 Å². The monoisotopic (exact) mass is 501 g/mol. The number of nitrogens with one attached hydrogen (secondary N) is 1. The fourth-order valence-electron chi connectivity index (χ4n) is 3.73. The maximum absolute atomic E-state index is 13.4. The van der Waals surface area contributed by atoms with Crippen LogP contribution in [0, 0.1) is 6.92 Å². The number of benzene rings is 2. The number of aromatic nitrogens is 4. The quantitative estimate of drug-likeness (QED) is 0.373. The molecule has 2 aromatic carbocycles. The van der Waals surface area contributed by atoms with Gasteiger partial charge in [-0.2, -0.15) is 9.78 Å². The number of ether oxygens (including phenoxy) is 2. The van der Waals surface area contributed by atoms with E-state index in [1.54, 1.807) is 30.5 Å². The fourth-order valence-corrected chi connectivity index (χ4v) is 3.73. The van der Waals surface area contributed by atoms with Crippen molar-refractivity contribution in [2.45, 2.75) is 19.9 Å². The minimum Gasteiger partial charge on any atom is -0.493 e. The van der Waals surface area contributed by atoms with Crippen LogP contribution in [0.4, 0.5) is 0 Å². The molecule has 0 spiro atoms. The molecule has 4 rings (SSSR count). The van der Waals surface area contributed by atoms with Crippen molar-refractivity contribution in [3.63, 3.8) is 0 Å². The number of amides is 1. The summed E-state index contributed by atoms with van der Waals surface area (Å²) in [6.45, 7) is 2.16. The molecule has 2 heterocycles. The van der Waals surface area contributed by atoms with Crippen LogP contribution < -0.4 is 26.0 Å². The van der Waals surface area contributed by atoms with Gasteiger partial charge in [0.15, 0.2) is 11.5 Å². The van der Waals surface area contributed by atoms with Gasteiger partial charge < -0.3 is 14.8 Å².